The number of nitrogens with zero attached hydrogens (tertiary/aromatic N) is 5. The molecule has 0 radical (unpaired) electrons. The summed E-state index contributed by atoms with van der Waals surface area (Å²) in [6.45, 7) is 0. The van der Waals surface area contributed by atoms with Crippen LogP contribution in [0.15, 0.2) is 42.5 Å². The SMILES string of the molecule is COc1ccc(-c2nnc3sc(-c4ccc(OC)c([N+](=O)[O-])c4)nn23)cc1. The van der Waals surface area contributed by atoms with Crippen molar-refractivity contribution in [2.45, 2.75) is 0 Å². The summed E-state index contributed by atoms with van der Waals surface area (Å²) >= 11 is 1.30. The Morgan fingerprint density at radius 1 is 1.04 bits per heavy atom. The lowest BCUT2D eigenvalue weighted by Crippen LogP contribution is -1.95. The molecule has 0 amide bonds. The van der Waals surface area contributed by atoms with Crippen LogP contribution in [0.5, 0.6) is 11.5 Å². The van der Waals surface area contributed by atoms with Crippen LogP contribution in [0.1, 0.15) is 0 Å². The van der Waals surface area contributed by atoms with E-state index in [-0.39, 0.29) is 11.4 Å². The highest BCUT2D eigenvalue weighted by Crippen LogP contribution is 2.34. The molecule has 0 aliphatic rings. The second-order valence-corrected chi connectivity index (χ2v) is 6.45. The highest BCUT2D eigenvalue weighted by atomic mass is 32.1. The molecular formula is C17H13N5O4S. The van der Waals surface area contributed by atoms with Gasteiger partial charge in [0.15, 0.2) is 11.6 Å². The van der Waals surface area contributed by atoms with E-state index < -0.39 is 4.92 Å². The molecule has 0 atom stereocenters. The molecule has 2 heterocycles. The summed E-state index contributed by atoms with van der Waals surface area (Å²) in [6, 6.07) is 12.1. The zero-order valence-corrected chi connectivity index (χ0v) is 15.1. The van der Waals surface area contributed by atoms with Gasteiger partial charge < -0.3 is 9.47 Å². The van der Waals surface area contributed by atoms with Crippen molar-refractivity contribution in [2.75, 3.05) is 14.2 Å². The topological polar surface area (TPSA) is 105 Å². The first-order valence-corrected chi connectivity index (χ1v) is 8.62. The summed E-state index contributed by atoms with van der Waals surface area (Å²) in [7, 11) is 3.00. The fraction of sp³-hybridized carbons (Fsp3) is 0.118. The second-order valence-electron chi connectivity index (χ2n) is 5.50. The van der Waals surface area contributed by atoms with Crippen LogP contribution < -0.4 is 9.47 Å². The number of nitro benzene ring substituents is 1. The zero-order valence-electron chi connectivity index (χ0n) is 14.3. The van der Waals surface area contributed by atoms with Crippen LogP contribution in [0.25, 0.3) is 26.9 Å². The number of rotatable bonds is 5. The molecule has 4 aromatic rings. The molecule has 0 unspecified atom stereocenters. The van der Waals surface area contributed by atoms with E-state index in [1.165, 1.54) is 24.5 Å². The second kappa shape index (κ2) is 6.65. The van der Waals surface area contributed by atoms with Crippen molar-refractivity contribution in [3.63, 3.8) is 0 Å². The van der Waals surface area contributed by atoms with Gasteiger partial charge in [0.05, 0.1) is 19.1 Å². The molecule has 0 aliphatic heterocycles. The molecule has 9 nitrogen and oxygen atoms in total. The molecule has 0 saturated carbocycles. The number of hydrogen-bond acceptors (Lipinski definition) is 8. The summed E-state index contributed by atoms with van der Waals surface area (Å²) in [4.78, 5) is 11.4. The lowest BCUT2D eigenvalue weighted by molar-refractivity contribution is -0.385. The van der Waals surface area contributed by atoms with Crippen LogP contribution in [0.2, 0.25) is 0 Å². The van der Waals surface area contributed by atoms with E-state index in [0.29, 0.717) is 21.4 Å². The molecule has 0 spiro atoms. The van der Waals surface area contributed by atoms with Crippen molar-refractivity contribution in [3.05, 3.63) is 52.6 Å². The molecule has 2 aromatic heterocycles. The van der Waals surface area contributed by atoms with Gasteiger partial charge in [-0.15, -0.1) is 10.2 Å². The first-order valence-electron chi connectivity index (χ1n) is 7.80. The van der Waals surface area contributed by atoms with E-state index in [4.69, 9.17) is 9.47 Å². The van der Waals surface area contributed by atoms with Crippen LogP contribution in [0.3, 0.4) is 0 Å². The van der Waals surface area contributed by atoms with Crippen molar-refractivity contribution in [1.29, 1.82) is 0 Å². The van der Waals surface area contributed by atoms with E-state index in [1.807, 2.05) is 24.3 Å². The third-order valence-corrected chi connectivity index (χ3v) is 4.91. The Kier molecular flexibility index (Phi) is 4.16. The lowest BCUT2D eigenvalue weighted by Gasteiger charge is -2.03. The minimum Gasteiger partial charge on any atom is -0.497 e. The molecule has 4 rings (SSSR count). The molecule has 0 N–H and O–H groups in total. The van der Waals surface area contributed by atoms with Crippen LogP contribution in [-0.4, -0.2) is 39.0 Å². The first-order chi connectivity index (χ1) is 13.1. The van der Waals surface area contributed by atoms with E-state index in [0.717, 1.165) is 11.3 Å². The fourth-order valence-corrected chi connectivity index (χ4v) is 3.46. The van der Waals surface area contributed by atoms with Crippen molar-refractivity contribution >= 4 is 22.0 Å². The van der Waals surface area contributed by atoms with Gasteiger partial charge in [0.25, 0.3) is 0 Å². The minimum atomic E-state index is -0.481. The monoisotopic (exact) mass is 383 g/mol. The molecule has 0 saturated heterocycles. The largest absolute Gasteiger partial charge is 0.497 e. The van der Waals surface area contributed by atoms with Gasteiger partial charge in [-0.1, -0.05) is 11.3 Å². The number of hydrogen-bond donors (Lipinski definition) is 0. The number of ether oxygens (including phenoxy) is 2. The maximum Gasteiger partial charge on any atom is 0.311 e. The molecule has 136 valence electrons. The number of aromatic nitrogens is 4. The standard InChI is InChI=1S/C17H13N5O4S/c1-25-12-6-3-10(4-7-12)15-18-19-17-21(15)20-16(27-17)11-5-8-14(26-2)13(9-11)22(23)24/h3-9H,1-2H3. The average Bonchev–Trinajstić information content (AvgIpc) is 3.28. The molecule has 2 aromatic carbocycles. The Morgan fingerprint density at radius 3 is 2.44 bits per heavy atom. The molecular weight excluding hydrogens is 370 g/mol. The molecule has 0 aliphatic carbocycles. The van der Waals surface area contributed by atoms with Gasteiger partial charge in [0.1, 0.15) is 10.8 Å². The van der Waals surface area contributed by atoms with Crippen molar-refractivity contribution in [1.82, 2.24) is 19.8 Å². The number of methoxy groups -OCH3 is 2. The highest BCUT2D eigenvalue weighted by Gasteiger charge is 2.19. The van der Waals surface area contributed by atoms with Crippen LogP contribution >= 0.6 is 11.3 Å². The third kappa shape index (κ3) is 2.95. The molecule has 0 bridgehead atoms. The first kappa shape index (κ1) is 16.9. The van der Waals surface area contributed by atoms with Crippen molar-refractivity contribution in [2.24, 2.45) is 0 Å². The summed E-state index contributed by atoms with van der Waals surface area (Å²) in [6.07, 6.45) is 0. The Bertz CT molecular complexity index is 1140. The number of benzene rings is 2. The van der Waals surface area contributed by atoms with Gasteiger partial charge >= 0.3 is 5.69 Å². The Balaban J connectivity index is 1.77. The fourth-order valence-electron chi connectivity index (χ4n) is 2.62. The van der Waals surface area contributed by atoms with Gasteiger partial charge in [-0.25, -0.2) is 0 Å². The summed E-state index contributed by atoms with van der Waals surface area (Å²) in [5.41, 5.74) is 1.33. The van der Waals surface area contributed by atoms with Gasteiger partial charge in [0.2, 0.25) is 4.96 Å². The molecule has 0 fully saturated rings. The van der Waals surface area contributed by atoms with E-state index >= 15 is 0 Å². The van der Waals surface area contributed by atoms with E-state index in [1.54, 1.807) is 23.8 Å². The van der Waals surface area contributed by atoms with Crippen molar-refractivity contribution < 1.29 is 14.4 Å². The predicted octanol–water partition coefficient (Wildman–Crippen LogP) is 3.45. The molecule has 27 heavy (non-hydrogen) atoms. The van der Waals surface area contributed by atoms with Crippen molar-refractivity contribution in [3.8, 4) is 33.5 Å². The van der Waals surface area contributed by atoms with Gasteiger partial charge in [-0.2, -0.15) is 9.61 Å². The Morgan fingerprint density at radius 2 is 1.78 bits per heavy atom. The average molecular weight is 383 g/mol. The normalized spacial score (nSPS) is 10.9. The smallest absolute Gasteiger partial charge is 0.311 e. The number of nitro groups is 1. The highest BCUT2D eigenvalue weighted by molar-refractivity contribution is 7.19. The Labute approximate surface area is 157 Å². The summed E-state index contributed by atoms with van der Waals surface area (Å²) < 4.78 is 11.8. The van der Waals surface area contributed by atoms with Crippen LogP contribution in [0.4, 0.5) is 5.69 Å². The maximum atomic E-state index is 11.2. The summed E-state index contributed by atoms with van der Waals surface area (Å²) in [5, 5.41) is 24.7. The van der Waals surface area contributed by atoms with Crippen LogP contribution in [-0.2, 0) is 0 Å². The van der Waals surface area contributed by atoms with E-state index in [9.17, 15) is 10.1 Å². The third-order valence-electron chi connectivity index (χ3n) is 3.96. The van der Waals surface area contributed by atoms with Gasteiger partial charge in [-0.05, 0) is 36.4 Å². The van der Waals surface area contributed by atoms with Gasteiger partial charge in [0, 0.05) is 17.2 Å². The zero-order chi connectivity index (χ0) is 19.0. The predicted molar refractivity (Wildman–Crippen MR) is 99.3 cm³/mol. The van der Waals surface area contributed by atoms with Crippen LogP contribution in [0, 0.1) is 10.1 Å². The quantitative estimate of drug-likeness (QED) is 0.384. The summed E-state index contributed by atoms with van der Waals surface area (Å²) in [5.74, 6) is 1.52. The minimum absolute atomic E-state index is 0.114. The maximum absolute atomic E-state index is 11.2. The van der Waals surface area contributed by atoms with E-state index in [2.05, 4.69) is 15.3 Å². The number of fused-ring (bicyclic) bond motifs is 1. The Hall–Kier alpha value is -3.53. The van der Waals surface area contributed by atoms with Gasteiger partial charge in [-0.3, -0.25) is 10.1 Å². The lowest BCUT2D eigenvalue weighted by atomic mass is 10.2. The molecule has 10 heteroatoms.